The Kier molecular flexibility index (Phi) is 3.79. The highest BCUT2D eigenvalue weighted by atomic mass is 32.2. The number of nitrogens with zero attached hydrogens (tertiary/aromatic N) is 4. The van der Waals surface area contributed by atoms with Gasteiger partial charge in [-0.15, -0.1) is 10.2 Å². The smallest absolute Gasteiger partial charge is 0.196 e. The Bertz CT molecular complexity index is 549. The molecular formula is C13H17N5S. The van der Waals surface area contributed by atoms with Crippen molar-refractivity contribution >= 4 is 11.8 Å². The molecule has 0 amide bonds. The second kappa shape index (κ2) is 5.71. The van der Waals surface area contributed by atoms with Crippen LogP contribution in [0.2, 0.25) is 0 Å². The Labute approximate surface area is 116 Å². The van der Waals surface area contributed by atoms with Crippen LogP contribution < -0.4 is 5.73 Å². The van der Waals surface area contributed by atoms with Gasteiger partial charge in [0.05, 0.1) is 5.69 Å². The van der Waals surface area contributed by atoms with E-state index in [1.165, 1.54) is 19.3 Å². The number of hydrogen-bond acceptors (Lipinski definition) is 5. The molecule has 5 nitrogen and oxygen atoms in total. The third kappa shape index (κ3) is 2.79. The maximum absolute atomic E-state index is 5.55. The van der Waals surface area contributed by atoms with Crippen LogP contribution in [0.5, 0.6) is 0 Å². The molecule has 0 spiro atoms. The molecule has 0 unspecified atom stereocenters. The molecule has 100 valence electrons. The van der Waals surface area contributed by atoms with Crippen LogP contribution >= 0.6 is 11.8 Å². The first-order valence-corrected chi connectivity index (χ1v) is 7.43. The maximum atomic E-state index is 5.55. The first kappa shape index (κ1) is 12.6. The molecule has 2 aromatic heterocycles. The molecule has 19 heavy (non-hydrogen) atoms. The predicted molar refractivity (Wildman–Crippen MR) is 73.8 cm³/mol. The summed E-state index contributed by atoms with van der Waals surface area (Å²) in [6, 6.07) is 4.00. The minimum atomic E-state index is 0.477. The maximum Gasteiger partial charge on any atom is 0.196 e. The van der Waals surface area contributed by atoms with Crippen LogP contribution in [0.4, 0.5) is 0 Å². The molecule has 0 aliphatic carbocycles. The largest absolute Gasteiger partial charge is 0.325 e. The fourth-order valence-corrected chi connectivity index (χ4v) is 3.07. The summed E-state index contributed by atoms with van der Waals surface area (Å²) in [7, 11) is 0. The predicted octanol–water partition coefficient (Wildman–Crippen LogP) is 2.01. The molecular weight excluding hydrogens is 258 g/mol. The van der Waals surface area contributed by atoms with Gasteiger partial charge in [-0.3, -0.25) is 4.98 Å². The van der Waals surface area contributed by atoms with E-state index in [0.29, 0.717) is 6.54 Å². The number of rotatable bonds is 3. The molecule has 6 heteroatoms. The van der Waals surface area contributed by atoms with E-state index in [-0.39, 0.29) is 0 Å². The van der Waals surface area contributed by atoms with Gasteiger partial charge in [-0.25, -0.2) is 0 Å². The molecule has 2 N–H and O–H groups in total. The molecule has 0 bridgehead atoms. The standard InChI is InChI=1S/C13H17N5S/c14-8-10-5-6-11(9-15-10)19-13-17-16-12-4-2-1-3-7-18(12)13/h5-6,9H,1-4,7-8,14H2. The van der Waals surface area contributed by atoms with Gasteiger partial charge in [0.15, 0.2) is 5.16 Å². The van der Waals surface area contributed by atoms with E-state index in [9.17, 15) is 0 Å². The van der Waals surface area contributed by atoms with Crippen LogP contribution in [-0.2, 0) is 19.5 Å². The first-order valence-electron chi connectivity index (χ1n) is 6.62. The number of aryl methyl sites for hydroxylation is 1. The number of aromatic nitrogens is 4. The van der Waals surface area contributed by atoms with Crippen molar-refractivity contribution in [2.75, 3.05) is 0 Å². The Hall–Kier alpha value is -1.40. The SMILES string of the molecule is NCc1ccc(Sc2nnc3n2CCCCC3)cn1. The summed E-state index contributed by atoms with van der Waals surface area (Å²) in [5.41, 5.74) is 6.46. The Morgan fingerprint density at radius 3 is 2.95 bits per heavy atom. The lowest BCUT2D eigenvalue weighted by atomic mass is 10.2. The van der Waals surface area contributed by atoms with E-state index in [1.54, 1.807) is 11.8 Å². The van der Waals surface area contributed by atoms with Crippen molar-refractivity contribution in [1.29, 1.82) is 0 Å². The lowest BCUT2D eigenvalue weighted by molar-refractivity contribution is 0.591. The van der Waals surface area contributed by atoms with Gasteiger partial charge < -0.3 is 10.3 Å². The summed E-state index contributed by atoms with van der Waals surface area (Å²) in [5, 5.41) is 9.57. The summed E-state index contributed by atoms with van der Waals surface area (Å²) in [6.45, 7) is 1.50. The van der Waals surface area contributed by atoms with Crippen molar-refractivity contribution in [3.63, 3.8) is 0 Å². The number of pyridine rings is 1. The minimum Gasteiger partial charge on any atom is -0.325 e. The van der Waals surface area contributed by atoms with Crippen LogP contribution in [0, 0.1) is 0 Å². The van der Waals surface area contributed by atoms with Crippen LogP contribution in [-0.4, -0.2) is 19.7 Å². The van der Waals surface area contributed by atoms with E-state index in [2.05, 4.69) is 19.7 Å². The summed E-state index contributed by atoms with van der Waals surface area (Å²) >= 11 is 1.62. The van der Waals surface area contributed by atoms with Crippen molar-refractivity contribution in [2.24, 2.45) is 5.73 Å². The van der Waals surface area contributed by atoms with Gasteiger partial charge in [0.2, 0.25) is 0 Å². The fraction of sp³-hybridized carbons (Fsp3) is 0.462. The highest BCUT2D eigenvalue weighted by Gasteiger charge is 2.15. The molecule has 0 saturated heterocycles. The zero-order valence-corrected chi connectivity index (χ0v) is 11.6. The van der Waals surface area contributed by atoms with E-state index in [4.69, 9.17) is 5.73 Å². The Balaban J connectivity index is 1.80. The average molecular weight is 275 g/mol. The lowest BCUT2D eigenvalue weighted by Crippen LogP contribution is -2.02. The highest BCUT2D eigenvalue weighted by Crippen LogP contribution is 2.28. The van der Waals surface area contributed by atoms with Gasteiger partial charge in [-0.1, -0.05) is 6.42 Å². The Morgan fingerprint density at radius 2 is 2.16 bits per heavy atom. The summed E-state index contributed by atoms with van der Waals surface area (Å²) in [4.78, 5) is 5.39. The number of nitrogens with two attached hydrogens (primary N) is 1. The van der Waals surface area contributed by atoms with Crippen molar-refractivity contribution in [1.82, 2.24) is 19.7 Å². The summed E-state index contributed by atoms with van der Waals surface area (Å²) in [5.74, 6) is 1.12. The van der Waals surface area contributed by atoms with Crippen LogP contribution in [0.15, 0.2) is 28.4 Å². The van der Waals surface area contributed by atoms with Crippen molar-refractivity contribution in [2.45, 2.75) is 48.8 Å². The van der Waals surface area contributed by atoms with Gasteiger partial charge >= 0.3 is 0 Å². The van der Waals surface area contributed by atoms with Crippen LogP contribution in [0.25, 0.3) is 0 Å². The quantitative estimate of drug-likeness (QED) is 0.928. The molecule has 0 radical (unpaired) electrons. The molecule has 3 rings (SSSR count). The normalized spacial score (nSPS) is 15.0. The molecule has 0 fully saturated rings. The van der Waals surface area contributed by atoms with Crippen molar-refractivity contribution in [3.05, 3.63) is 29.8 Å². The molecule has 2 aromatic rings. The third-order valence-electron chi connectivity index (χ3n) is 3.29. The summed E-state index contributed by atoms with van der Waals surface area (Å²) < 4.78 is 2.24. The first-order chi connectivity index (χ1) is 9.36. The zero-order chi connectivity index (χ0) is 13.1. The van der Waals surface area contributed by atoms with Crippen molar-refractivity contribution in [3.8, 4) is 0 Å². The molecule has 0 aromatic carbocycles. The van der Waals surface area contributed by atoms with E-state index < -0.39 is 0 Å². The molecule has 1 aliphatic heterocycles. The van der Waals surface area contributed by atoms with Gasteiger partial charge in [0.25, 0.3) is 0 Å². The Morgan fingerprint density at radius 1 is 1.21 bits per heavy atom. The fourth-order valence-electron chi connectivity index (χ4n) is 2.23. The number of hydrogen-bond donors (Lipinski definition) is 1. The summed E-state index contributed by atoms with van der Waals surface area (Å²) in [6.07, 6.45) is 6.60. The van der Waals surface area contributed by atoms with Gasteiger partial charge in [-0.05, 0) is 36.7 Å². The zero-order valence-electron chi connectivity index (χ0n) is 10.7. The second-order valence-electron chi connectivity index (χ2n) is 4.65. The molecule has 1 aliphatic rings. The third-order valence-corrected chi connectivity index (χ3v) is 4.25. The van der Waals surface area contributed by atoms with Gasteiger partial charge in [0, 0.05) is 30.6 Å². The molecule has 0 saturated carbocycles. The molecule has 0 atom stereocenters. The monoisotopic (exact) mass is 275 g/mol. The lowest BCUT2D eigenvalue weighted by Gasteiger charge is -2.06. The topological polar surface area (TPSA) is 69.6 Å². The van der Waals surface area contributed by atoms with Crippen molar-refractivity contribution < 1.29 is 0 Å². The van der Waals surface area contributed by atoms with E-state index >= 15 is 0 Å². The van der Waals surface area contributed by atoms with Gasteiger partial charge in [-0.2, -0.15) is 0 Å². The van der Waals surface area contributed by atoms with Crippen LogP contribution in [0.3, 0.4) is 0 Å². The molecule has 3 heterocycles. The number of fused-ring (bicyclic) bond motifs is 1. The second-order valence-corrected chi connectivity index (χ2v) is 5.69. The highest BCUT2D eigenvalue weighted by molar-refractivity contribution is 7.99. The minimum absolute atomic E-state index is 0.477. The van der Waals surface area contributed by atoms with E-state index in [1.807, 2.05) is 18.3 Å². The van der Waals surface area contributed by atoms with E-state index in [0.717, 1.165) is 34.5 Å². The average Bonchev–Trinajstić information content (AvgIpc) is 2.68. The van der Waals surface area contributed by atoms with Gasteiger partial charge in [0.1, 0.15) is 5.82 Å². The van der Waals surface area contributed by atoms with Crippen LogP contribution in [0.1, 0.15) is 30.8 Å².